The Hall–Kier alpha value is -1.19. The molecule has 20 heavy (non-hydrogen) atoms. The molecule has 0 unspecified atom stereocenters. The molecule has 0 radical (unpaired) electrons. The highest BCUT2D eigenvalue weighted by Gasteiger charge is 2.11. The van der Waals surface area contributed by atoms with E-state index in [4.69, 9.17) is 4.99 Å². The zero-order valence-corrected chi connectivity index (χ0v) is 12.9. The molecule has 102 valence electrons. The average molecular weight is 299 g/mol. The van der Waals surface area contributed by atoms with Gasteiger partial charge in [-0.15, -0.1) is 0 Å². The van der Waals surface area contributed by atoms with Crippen LogP contribution in [-0.2, 0) is 12.2 Å². The van der Waals surface area contributed by atoms with Crippen LogP contribution in [0.4, 0.5) is 5.69 Å². The van der Waals surface area contributed by atoms with Gasteiger partial charge in [-0.1, -0.05) is 72.1 Å². The van der Waals surface area contributed by atoms with Crippen LogP contribution in [-0.4, -0.2) is 10.1 Å². The first-order valence-corrected chi connectivity index (χ1v) is 8.85. The van der Waals surface area contributed by atoms with Gasteiger partial charge in [0.1, 0.15) is 4.38 Å². The Balaban J connectivity index is 1.49. The first-order chi connectivity index (χ1) is 9.92. The third-order valence-electron chi connectivity index (χ3n) is 3.23. The lowest BCUT2D eigenvalue weighted by molar-refractivity contribution is 0.935. The first kappa shape index (κ1) is 13.8. The fourth-order valence-electron chi connectivity index (χ4n) is 2.17. The predicted molar refractivity (Wildman–Crippen MR) is 92.1 cm³/mol. The standard InChI is InChI=1S/C17H17NS2/c1-2-7-14(8-3-1)9-6-12-19-17-18-16-11-5-4-10-15(16)13-20-17/h1-5,7-8,10-11H,6,9,12-13H2. The van der Waals surface area contributed by atoms with Gasteiger partial charge < -0.3 is 0 Å². The third kappa shape index (κ3) is 3.68. The third-order valence-corrected chi connectivity index (χ3v) is 5.56. The van der Waals surface area contributed by atoms with Gasteiger partial charge in [0.15, 0.2) is 0 Å². The maximum atomic E-state index is 4.73. The Morgan fingerprint density at radius 3 is 2.70 bits per heavy atom. The number of aryl methyl sites for hydroxylation is 1. The highest BCUT2D eigenvalue weighted by molar-refractivity contribution is 8.38. The number of thioether (sulfide) groups is 2. The van der Waals surface area contributed by atoms with Crippen LogP contribution in [0.5, 0.6) is 0 Å². The summed E-state index contributed by atoms with van der Waals surface area (Å²) >= 11 is 3.76. The van der Waals surface area contributed by atoms with Gasteiger partial charge in [-0.3, -0.25) is 0 Å². The number of para-hydroxylation sites is 1. The Morgan fingerprint density at radius 2 is 1.80 bits per heavy atom. The second kappa shape index (κ2) is 7.00. The summed E-state index contributed by atoms with van der Waals surface area (Å²) in [5.74, 6) is 2.20. The minimum atomic E-state index is 1.06. The lowest BCUT2D eigenvalue weighted by Crippen LogP contribution is -1.97. The molecule has 0 amide bonds. The Morgan fingerprint density at radius 1 is 1.00 bits per heavy atom. The summed E-state index contributed by atoms with van der Waals surface area (Å²) in [6.07, 6.45) is 2.36. The van der Waals surface area contributed by atoms with E-state index in [-0.39, 0.29) is 0 Å². The van der Waals surface area contributed by atoms with E-state index in [1.807, 2.05) is 23.5 Å². The van der Waals surface area contributed by atoms with E-state index in [0.29, 0.717) is 0 Å². The monoisotopic (exact) mass is 299 g/mol. The second-order valence-electron chi connectivity index (χ2n) is 4.73. The molecule has 1 aliphatic rings. The molecule has 1 nitrogen and oxygen atoms in total. The molecule has 3 rings (SSSR count). The van der Waals surface area contributed by atoms with Crippen LogP contribution < -0.4 is 0 Å². The Labute approximate surface area is 128 Å². The number of benzene rings is 2. The minimum absolute atomic E-state index is 1.06. The van der Waals surface area contributed by atoms with Gasteiger partial charge >= 0.3 is 0 Å². The zero-order chi connectivity index (χ0) is 13.6. The van der Waals surface area contributed by atoms with Crippen molar-refractivity contribution < 1.29 is 0 Å². The van der Waals surface area contributed by atoms with Gasteiger partial charge in [-0.2, -0.15) is 0 Å². The predicted octanol–water partition coefficient (Wildman–Crippen LogP) is 5.29. The summed E-state index contributed by atoms with van der Waals surface area (Å²) in [5, 5.41) is 0. The van der Waals surface area contributed by atoms with E-state index in [0.717, 1.165) is 23.6 Å². The second-order valence-corrected chi connectivity index (χ2v) is 7.04. The van der Waals surface area contributed by atoms with E-state index in [2.05, 4.69) is 54.6 Å². The minimum Gasteiger partial charge on any atom is -0.235 e. The smallest absolute Gasteiger partial charge is 0.130 e. The quantitative estimate of drug-likeness (QED) is 0.711. The van der Waals surface area contributed by atoms with Crippen LogP contribution in [0.1, 0.15) is 17.5 Å². The molecule has 1 heterocycles. The van der Waals surface area contributed by atoms with Gasteiger partial charge in [0.05, 0.1) is 5.69 Å². The normalized spacial score (nSPS) is 13.7. The van der Waals surface area contributed by atoms with Crippen molar-refractivity contribution in [2.24, 2.45) is 4.99 Å². The lowest BCUT2D eigenvalue weighted by Gasteiger charge is -2.14. The molecule has 0 bridgehead atoms. The van der Waals surface area contributed by atoms with Crippen LogP contribution >= 0.6 is 23.5 Å². The maximum absolute atomic E-state index is 4.73. The molecule has 0 saturated carbocycles. The molecule has 0 atom stereocenters. The highest BCUT2D eigenvalue weighted by Crippen LogP contribution is 2.34. The summed E-state index contributed by atoms with van der Waals surface area (Å²) in [5.41, 5.74) is 3.93. The van der Waals surface area contributed by atoms with E-state index >= 15 is 0 Å². The number of aliphatic imine (C=N–C) groups is 1. The summed E-state index contributed by atoms with van der Waals surface area (Å²) in [4.78, 5) is 4.73. The number of hydrogen-bond donors (Lipinski definition) is 0. The fourth-order valence-corrected chi connectivity index (χ4v) is 4.24. The van der Waals surface area contributed by atoms with E-state index in [9.17, 15) is 0 Å². The highest BCUT2D eigenvalue weighted by atomic mass is 32.2. The average Bonchev–Trinajstić information content (AvgIpc) is 2.52. The topological polar surface area (TPSA) is 12.4 Å². The van der Waals surface area contributed by atoms with Crippen molar-refractivity contribution >= 4 is 33.6 Å². The lowest BCUT2D eigenvalue weighted by atomic mass is 10.1. The summed E-state index contributed by atoms with van der Waals surface area (Å²) in [7, 11) is 0. The van der Waals surface area contributed by atoms with Crippen molar-refractivity contribution in [3.8, 4) is 0 Å². The van der Waals surface area contributed by atoms with Crippen LogP contribution in [0, 0.1) is 0 Å². The summed E-state index contributed by atoms with van der Waals surface area (Å²) in [6.45, 7) is 0. The number of fused-ring (bicyclic) bond motifs is 1. The molecule has 0 saturated heterocycles. The molecular formula is C17H17NS2. The van der Waals surface area contributed by atoms with Crippen molar-refractivity contribution in [3.05, 3.63) is 65.7 Å². The van der Waals surface area contributed by atoms with Gasteiger partial charge in [-0.25, -0.2) is 4.99 Å². The van der Waals surface area contributed by atoms with Gasteiger partial charge in [0, 0.05) is 11.5 Å². The molecule has 0 aromatic heterocycles. The van der Waals surface area contributed by atoms with Crippen molar-refractivity contribution in [3.63, 3.8) is 0 Å². The SMILES string of the molecule is c1ccc(CCCSC2=Nc3ccccc3CS2)cc1. The number of hydrogen-bond acceptors (Lipinski definition) is 3. The van der Waals surface area contributed by atoms with Crippen molar-refractivity contribution in [2.45, 2.75) is 18.6 Å². The summed E-state index contributed by atoms with van der Waals surface area (Å²) < 4.78 is 1.22. The number of nitrogens with zero attached hydrogens (tertiary/aromatic N) is 1. The summed E-state index contributed by atoms with van der Waals surface area (Å²) in [6, 6.07) is 19.1. The molecular weight excluding hydrogens is 282 g/mol. The fraction of sp³-hybridized carbons (Fsp3) is 0.235. The van der Waals surface area contributed by atoms with Crippen LogP contribution in [0.3, 0.4) is 0 Å². The van der Waals surface area contributed by atoms with Gasteiger partial charge in [0.25, 0.3) is 0 Å². The molecule has 0 fully saturated rings. The molecule has 2 aromatic carbocycles. The van der Waals surface area contributed by atoms with Gasteiger partial charge in [0.2, 0.25) is 0 Å². The van der Waals surface area contributed by atoms with E-state index in [1.165, 1.54) is 21.9 Å². The largest absolute Gasteiger partial charge is 0.235 e. The van der Waals surface area contributed by atoms with E-state index < -0.39 is 0 Å². The molecule has 0 N–H and O–H groups in total. The Kier molecular flexibility index (Phi) is 4.82. The first-order valence-electron chi connectivity index (χ1n) is 6.88. The van der Waals surface area contributed by atoms with Crippen LogP contribution in [0.15, 0.2) is 59.6 Å². The Bertz CT molecular complexity index is 593. The van der Waals surface area contributed by atoms with Crippen LogP contribution in [0.2, 0.25) is 0 Å². The van der Waals surface area contributed by atoms with Gasteiger partial charge in [-0.05, 0) is 30.0 Å². The molecule has 1 aliphatic heterocycles. The molecule has 0 spiro atoms. The zero-order valence-electron chi connectivity index (χ0n) is 11.3. The number of rotatable bonds is 4. The molecule has 0 aliphatic carbocycles. The van der Waals surface area contributed by atoms with Crippen molar-refractivity contribution in [1.29, 1.82) is 0 Å². The molecule has 2 aromatic rings. The van der Waals surface area contributed by atoms with Crippen molar-refractivity contribution in [2.75, 3.05) is 5.75 Å². The van der Waals surface area contributed by atoms with E-state index in [1.54, 1.807) is 0 Å². The van der Waals surface area contributed by atoms with Crippen LogP contribution in [0.25, 0.3) is 0 Å². The maximum Gasteiger partial charge on any atom is 0.130 e. The van der Waals surface area contributed by atoms with Crippen molar-refractivity contribution in [1.82, 2.24) is 0 Å². The molecule has 3 heteroatoms.